The summed E-state index contributed by atoms with van der Waals surface area (Å²) in [6.07, 6.45) is 0. The van der Waals surface area contributed by atoms with Crippen LogP contribution in [0.5, 0.6) is 0 Å². The molecular weight excluding hydrogens is 1020 g/mol. The summed E-state index contributed by atoms with van der Waals surface area (Å²) in [6, 6.07) is 80.3. The van der Waals surface area contributed by atoms with Gasteiger partial charge >= 0.3 is 0 Å². The maximum atomic E-state index is 2.54. The van der Waals surface area contributed by atoms with Crippen LogP contribution in [0.2, 0.25) is 39.3 Å². The Morgan fingerprint density at radius 1 is 0.232 bits per heavy atom. The van der Waals surface area contributed by atoms with Crippen LogP contribution in [-0.4, -0.2) is 16.1 Å². The van der Waals surface area contributed by atoms with Crippen LogP contribution in [-0.2, 0) is 0 Å². The molecule has 0 N–H and O–H groups in total. The zero-order valence-corrected chi connectivity index (χ0v) is 52.5. The molecule has 0 radical (unpaired) electrons. The maximum absolute atomic E-state index is 2.54. The van der Waals surface area contributed by atoms with Gasteiger partial charge in [0.15, 0.2) is 0 Å². The molecule has 406 valence electrons. The molecule has 0 saturated carbocycles. The predicted molar refractivity (Wildman–Crippen MR) is 365 cm³/mol. The van der Waals surface area contributed by atoms with Crippen molar-refractivity contribution < 1.29 is 0 Å². The van der Waals surface area contributed by atoms with E-state index in [0.717, 1.165) is 34.1 Å². The number of aryl methyl sites for hydroxylation is 8. The molecule has 0 aliphatic rings. The lowest BCUT2D eigenvalue weighted by Gasteiger charge is -2.31. The van der Waals surface area contributed by atoms with E-state index < -0.39 is 16.1 Å². The van der Waals surface area contributed by atoms with Gasteiger partial charge in [-0.25, -0.2) is 0 Å². The van der Waals surface area contributed by atoms with Crippen LogP contribution >= 0.6 is 0 Å². The minimum atomic E-state index is -1.61. The molecule has 82 heavy (non-hydrogen) atoms. The lowest BCUT2D eigenvalue weighted by molar-refractivity contribution is 1.29. The molecule has 0 aliphatic heterocycles. The van der Waals surface area contributed by atoms with Crippen molar-refractivity contribution in [1.29, 1.82) is 0 Å². The third-order valence-corrected chi connectivity index (χ3v) is 20.8. The lowest BCUT2D eigenvalue weighted by atomic mass is 9.91. The van der Waals surface area contributed by atoms with Crippen LogP contribution < -0.4 is 20.2 Å². The Hall–Kier alpha value is -8.29. The summed E-state index contributed by atoms with van der Waals surface area (Å²) in [5, 5.41) is 10.3. The van der Waals surface area contributed by atoms with E-state index in [1.165, 1.54) is 132 Å². The number of anilines is 6. The largest absolute Gasteiger partial charge is 0.310 e. The first kappa shape index (κ1) is 54.3. The van der Waals surface area contributed by atoms with Gasteiger partial charge in [-0.3, -0.25) is 0 Å². The number of nitrogens with zero attached hydrogens (tertiary/aromatic N) is 2. The minimum Gasteiger partial charge on any atom is -0.310 e. The zero-order chi connectivity index (χ0) is 57.5. The van der Waals surface area contributed by atoms with Gasteiger partial charge in [-0.1, -0.05) is 228 Å². The molecule has 0 aliphatic carbocycles. The highest BCUT2D eigenvalue weighted by Gasteiger charge is 2.26. The quantitative estimate of drug-likeness (QED) is 0.0889. The van der Waals surface area contributed by atoms with Crippen LogP contribution in [0.25, 0.3) is 76.8 Å². The van der Waals surface area contributed by atoms with E-state index >= 15 is 0 Å². The molecule has 0 bridgehead atoms. The summed E-state index contributed by atoms with van der Waals surface area (Å²) in [5.74, 6) is 0. The molecule has 12 aromatic rings. The van der Waals surface area contributed by atoms with Crippen molar-refractivity contribution in [2.45, 2.75) is 94.7 Å². The number of rotatable bonds is 12. The number of benzene rings is 12. The highest BCUT2D eigenvalue weighted by Crippen LogP contribution is 2.49. The van der Waals surface area contributed by atoms with E-state index in [1.807, 2.05) is 0 Å². The number of hydrogen-bond acceptors (Lipinski definition) is 2. The fraction of sp³-hybridized carbons (Fsp3) is 0.179. The van der Waals surface area contributed by atoms with Crippen molar-refractivity contribution in [3.05, 3.63) is 251 Å². The number of hydrogen-bond donors (Lipinski definition) is 0. The Morgan fingerprint density at radius 2 is 0.476 bits per heavy atom. The van der Waals surface area contributed by atoms with Gasteiger partial charge in [-0.05, 0) is 194 Å². The van der Waals surface area contributed by atoms with Crippen LogP contribution in [0.3, 0.4) is 0 Å². The van der Waals surface area contributed by atoms with Gasteiger partial charge in [0.05, 0.1) is 27.5 Å². The van der Waals surface area contributed by atoms with Crippen LogP contribution in [0.1, 0.15) is 44.5 Å². The van der Waals surface area contributed by atoms with Gasteiger partial charge in [0.1, 0.15) is 0 Å². The smallest absolute Gasteiger partial charge is 0.0775 e. The van der Waals surface area contributed by atoms with Crippen molar-refractivity contribution in [2.24, 2.45) is 0 Å². The Morgan fingerprint density at radius 3 is 0.732 bits per heavy atom. The second-order valence-corrected chi connectivity index (χ2v) is 36.1. The first-order valence-corrected chi connectivity index (χ1v) is 36.3. The van der Waals surface area contributed by atoms with Crippen molar-refractivity contribution in [3.63, 3.8) is 0 Å². The second kappa shape index (κ2) is 20.9. The Balaban J connectivity index is 1.13. The third-order valence-electron chi connectivity index (χ3n) is 16.7. The highest BCUT2D eigenvalue weighted by molar-refractivity contribution is 6.89. The molecule has 0 heterocycles. The minimum absolute atomic E-state index is 1.12. The summed E-state index contributed by atoms with van der Waals surface area (Å²) in [5.41, 5.74) is 26.6. The molecule has 4 heteroatoms. The average Bonchev–Trinajstić information content (AvgIpc) is 3.42. The summed E-state index contributed by atoms with van der Waals surface area (Å²) < 4.78 is 0. The molecule has 0 spiro atoms. The Labute approximate surface area is 489 Å². The first-order valence-electron chi connectivity index (χ1n) is 29.3. The van der Waals surface area contributed by atoms with Gasteiger partial charge in [0.2, 0.25) is 0 Å². The molecule has 0 atom stereocenters. The molecule has 12 aromatic carbocycles. The monoisotopic (exact) mass is 1100 g/mol. The molecular formula is C78H76N2Si2. The molecule has 0 saturated heterocycles. The second-order valence-electron chi connectivity index (χ2n) is 25.9. The van der Waals surface area contributed by atoms with Gasteiger partial charge in [0, 0.05) is 33.5 Å². The van der Waals surface area contributed by atoms with E-state index in [0.29, 0.717) is 0 Å². The normalized spacial score (nSPS) is 12.0. The summed E-state index contributed by atoms with van der Waals surface area (Å²) in [4.78, 5) is 5.08. The molecule has 0 unspecified atom stereocenters. The van der Waals surface area contributed by atoms with Crippen molar-refractivity contribution in [1.82, 2.24) is 0 Å². The van der Waals surface area contributed by atoms with Crippen molar-refractivity contribution in [3.8, 4) is 44.5 Å². The summed E-state index contributed by atoms with van der Waals surface area (Å²) >= 11 is 0. The molecule has 2 nitrogen and oxygen atoms in total. The molecule has 0 aromatic heterocycles. The fourth-order valence-electron chi connectivity index (χ4n) is 12.9. The summed E-state index contributed by atoms with van der Waals surface area (Å²) in [7, 11) is -3.22. The molecule has 0 amide bonds. The van der Waals surface area contributed by atoms with Crippen molar-refractivity contribution in [2.75, 3.05) is 9.80 Å². The first-order chi connectivity index (χ1) is 39.1. The molecule has 0 fully saturated rings. The van der Waals surface area contributed by atoms with E-state index in [4.69, 9.17) is 0 Å². The van der Waals surface area contributed by atoms with Gasteiger partial charge in [0.25, 0.3) is 0 Å². The zero-order valence-electron chi connectivity index (χ0n) is 50.5. The maximum Gasteiger partial charge on any atom is 0.0775 e. The van der Waals surface area contributed by atoms with E-state index in [9.17, 15) is 0 Å². The van der Waals surface area contributed by atoms with Gasteiger partial charge in [-0.15, -0.1) is 0 Å². The topological polar surface area (TPSA) is 6.48 Å². The molecule has 12 rings (SSSR count). The fourth-order valence-corrected chi connectivity index (χ4v) is 15.3. The highest BCUT2D eigenvalue weighted by atomic mass is 28.3. The van der Waals surface area contributed by atoms with E-state index in [2.05, 4.69) is 311 Å². The van der Waals surface area contributed by atoms with Gasteiger partial charge in [-0.2, -0.15) is 0 Å². The van der Waals surface area contributed by atoms with Crippen LogP contribution in [0, 0.1) is 55.4 Å². The van der Waals surface area contributed by atoms with Crippen LogP contribution in [0.15, 0.2) is 206 Å². The van der Waals surface area contributed by atoms with E-state index in [-0.39, 0.29) is 0 Å². The van der Waals surface area contributed by atoms with Crippen LogP contribution in [0.4, 0.5) is 34.1 Å². The Bertz CT molecular complexity index is 3930. The third kappa shape index (κ3) is 10.6. The van der Waals surface area contributed by atoms with E-state index in [1.54, 1.807) is 0 Å². The SMILES string of the molecule is Cc1cc(C)cc(-c2cc(-c3cc(C)cc(C)c3)cc(N(c3ccc([Si](C)(C)C)cc3)c3ccc4ccc5c(N(c6ccc([Si](C)(C)C)cc6)c6cc(-c7cc(C)cc(C)c7)cc(-c7cc(C)cc(C)c7)c6)ccc6ccc3c4c65)c2)c1. The predicted octanol–water partition coefficient (Wildman–Crippen LogP) is 21.7. The Kier molecular flexibility index (Phi) is 13.9. The standard InChI is InChI=1S/C78H76N2Si2/c1-49-31-50(2)36-59(35-49)63-43-64(60-37-51(3)32-52(4)38-60)46-69(45-63)79(67-19-23-71(24-20-67)81(9,10)11)75-29-17-57-16-28-74-76(30-18-58-15-27-73(75)77(57)78(58)74)80(68-21-25-72(26-22-68)82(12,13)14)70-47-65(61-39-53(5)33-54(6)40-61)44-66(48-70)62-41-55(7)34-56(8)42-62/h15-48H,1-14H3. The summed E-state index contributed by atoms with van der Waals surface area (Å²) in [6.45, 7) is 32.3. The van der Waals surface area contributed by atoms with Crippen molar-refractivity contribution >= 4 is 93.0 Å². The average molecular weight is 1100 g/mol. The lowest BCUT2D eigenvalue weighted by Crippen LogP contribution is -2.37. The van der Waals surface area contributed by atoms with Gasteiger partial charge < -0.3 is 9.80 Å².